The van der Waals surface area contributed by atoms with Crippen molar-refractivity contribution in [3.63, 3.8) is 0 Å². The van der Waals surface area contributed by atoms with Crippen molar-refractivity contribution in [3.05, 3.63) is 59.7 Å². The van der Waals surface area contributed by atoms with Crippen molar-refractivity contribution < 1.29 is 9.53 Å². The fourth-order valence-corrected chi connectivity index (χ4v) is 2.92. The molecule has 0 aliphatic rings. The minimum absolute atomic E-state index is 0.0990. The van der Waals surface area contributed by atoms with Crippen LogP contribution in [0.25, 0.3) is 0 Å². The molecule has 0 radical (unpaired) electrons. The monoisotopic (exact) mass is 357 g/mol. The number of carbonyl (C=O) groups excluding carboxylic acids is 1. The molecule has 0 aromatic heterocycles. The van der Waals surface area contributed by atoms with E-state index in [2.05, 4.69) is 30.6 Å². The molecule has 2 rings (SSSR count). The lowest BCUT2D eigenvalue weighted by molar-refractivity contribution is 0.0946. The van der Waals surface area contributed by atoms with Crippen LogP contribution in [0.15, 0.2) is 53.4 Å². The molecule has 2 aromatic rings. The van der Waals surface area contributed by atoms with Gasteiger partial charge in [0.2, 0.25) is 0 Å². The summed E-state index contributed by atoms with van der Waals surface area (Å²) in [5, 5.41) is 2.98. The zero-order chi connectivity index (χ0) is 17.9. The highest BCUT2D eigenvalue weighted by atomic mass is 32.2. The van der Waals surface area contributed by atoms with Crippen molar-refractivity contribution in [2.24, 2.45) is 0 Å². The lowest BCUT2D eigenvalue weighted by Gasteiger charge is -2.12. The summed E-state index contributed by atoms with van der Waals surface area (Å²) < 4.78 is 5.82. The van der Waals surface area contributed by atoms with Gasteiger partial charge in [-0.1, -0.05) is 50.5 Å². The Balaban J connectivity index is 1.89. The highest BCUT2D eigenvalue weighted by molar-refractivity contribution is 7.98. The lowest BCUT2D eigenvalue weighted by atomic mass is 10.1. The maximum absolute atomic E-state index is 12.5. The molecule has 0 saturated carbocycles. The van der Waals surface area contributed by atoms with E-state index in [9.17, 15) is 4.79 Å². The number of hydrogen-bond acceptors (Lipinski definition) is 3. The van der Waals surface area contributed by atoms with Gasteiger partial charge in [-0.25, -0.2) is 0 Å². The van der Waals surface area contributed by atoms with Gasteiger partial charge >= 0.3 is 0 Å². The Morgan fingerprint density at radius 3 is 2.52 bits per heavy atom. The lowest BCUT2D eigenvalue weighted by Crippen LogP contribution is -2.23. The molecule has 25 heavy (non-hydrogen) atoms. The molecule has 1 N–H and O–H groups in total. The van der Waals surface area contributed by atoms with E-state index in [1.807, 2.05) is 36.4 Å². The molecule has 0 unspecified atom stereocenters. The number of amides is 1. The molecule has 2 aromatic carbocycles. The highest BCUT2D eigenvalue weighted by Gasteiger charge is 2.11. The molecule has 134 valence electrons. The summed E-state index contributed by atoms with van der Waals surface area (Å²) in [5.41, 5.74) is 1.68. The van der Waals surface area contributed by atoms with Crippen molar-refractivity contribution >= 4 is 17.7 Å². The van der Waals surface area contributed by atoms with Crippen LogP contribution in [0.1, 0.15) is 48.5 Å². The Hall–Kier alpha value is -1.94. The molecule has 0 bridgehead atoms. The quantitative estimate of drug-likeness (QED) is 0.463. The van der Waals surface area contributed by atoms with Gasteiger partial charge in [-0.3, -0.25) is 4.79 Å². The van der Waals surface area contributed by atoms with E-state index in [-0.39, 0.29) is 5.91 Å². The Bertz CT molecular complexity index is 655. The zero-order valence-electron chi connectivity index (χ0n) is 15.1. The van der Waals surface area contributed by atoms with Gasteiger partial charge in [0.05, 0.1) is 12.2 Å². The molecule has 0 saturated heterocycles. The molecule has 0 atom stereocenters. The minimum Gasteiger partial charge on any atom is -0.493 e. The van der Waals surface area contributed by atoms with Crippen molar-refractivity contribution in [2.45, 2.75) is 44.0 Å². The number of para-hydroxylation sites is 1. The fraction of sp³-hybridized carbons (Fsp3) is 0.381. The third-order valence-corrected chi connectivity index (χ3v) is 4.74. The van der Waals surface area contributed by atoms with E-state index >= 15 is 0 Å². The van der Waals surface area contributed by atoms with Crippen LogP contribution in [0.4, 0.5) is 0 Å². The van der Waals surface area contributed by atoms with E-state index in [1.54, 1.807) is 11.8 Å². The molecular weight excluding hydrogens is 330 g/mol. The average Bonchev–Trinajstić information content (AvgIpc) is 2.66. The predicted molar refractivity (Wildman–Crippen MR) is 105 cm³/mol. The Morgan fingerprint density at radius 1 is 1.04 bits per heavy atom. The van der Waals surface area contributed by atoms with Gasteiger partial charge < -0.3 is 10.1 Å². The van der Waals surface area contributed by atoms with Crippen LogP contribution in [0.3, 0.4) is 0 Å². The number of carbonyl (C=O) groups is 1. The molecule has 0 heterocycles. The maximum Gasteiger partial charge on any atom is 0.255 e. The zero-order valence-corrected chi connectivity index (χ0v) is 15.9. The van der Waals surface area contributed by atoms with Crippen molar-refractivity contribution in [3.8, 4) is 5.75 Å². The number of rotatable bonds is 10. The summed E-state index contributed by atoms with van der Waals surface area (Å²) in [6.07, 6.45) is 6.66. The summed E-state index contributed by atoms with van der Waals surface area (Å²) in [5.74, 6) is 0.562. The first kappa shape index (κ1) is 19.4. The van der Waals surface area contributed by atoms with Crippen LogP contribution < -0.4 is 10.1 Å². The normalized spacial score (nSPS) is 10.5. The Labute approximate surface area is 155 Å². The molecule has 0 fully saturated rings. The molecule has 0 spiro atoms. The number of ether oxygens (including phenoxy) is 1. The van der Waals surface area contributed by atoms with Crippen LogP contribution in [-0.2, 0) is 6.54 Å². The SMILES string of the molecule is CCCCCCOc1ccccc1C(=O)NCc1ccc(SC)cc1. The summed E-state index contributed by atoms with van der Waals surface area (Å²) in [6.45, 7) is 3.36. The van der Waals surface area contributed by atoms with E-state index in [0.29, 0.717) is 24.5 Å². The van der Waals surface area contributed by atoms with Gasteiger partial charge in [0.15, 0.2) is 0 Å². The smallest absolute Gasteiger partial charge is 0.255 e. The molecule has 4 heteroatoms. The first-order chi connectivity index (χ1) is 12.2. The number of hydrogen-bond donors (Lipinski definition) is 1. The summed E-state index contributed by atoms with van der Waals surface area (Å²) in [6, 6.07) is 15.7. The first-order valence-electron chi connectivity index (χ1n) is 8.87. The predicted octanol–water partition coefficient (Wildman–Crippen LogP) is 5.30. The van der Waals surface area contributed by atoms with Gasteiger partial charge in [-0.2, -0.15) is 0 Å². The second kappa shape index (κ2) is 10.8. The van der Waals surface area contributed by atoms with E-state index in [0.717, 1.165) is 18.4 Å². The van der Waals surface area contributed by atoms with Crippen molar-refractivity contribution in [2.75, 3.05) is 12.9 Å². The highest BCUT2D eigenvalue weighted by Crippen LogP contribution is 2.19. The number of nitrogens with one attached hydrogen (secondary N) is 1. The fourth-order valence-electron chi connectivity index (χ4n) is 2.51. The van der Waals surface area contributed by atoms with Gasteiger partial charge in [-0.05, 0) is 42.5 Å². The third kappa shape index (κ3) is 6.46. The Kier molecular flexibility index (Phi) is 8.40. The third-order valence-electron chi connectivity index (χ3n) is 4.00. The standard InChI is InChI=1S/C21H27NO2S/c1-3-4-5-8-15-24-20-10-7-6-9-19(20)21(23)22-16-17-11-13-18(25-2)14-12-17/h6-7,9-14H,3-5,8,15-16H2,1-2H3,(H,22,23). The van der Waals surface area contributed by atoms with E-state index < -0.39 is 0 Å². The molecule has 1 amide bonds. The van der Waals surface area contributed by atoms with Crippen LogP contribution >= 0.6 is 11.8 Å². The summed E-state index contributed by atoms with van der Waals surface area (Å²) >= 11 is 1.71. The average molecular weight is 358 g/mol. The Morgan fingerprint density at radius 2 is 1.80 bits per heavy atom. The second-order valence-corrected chi connectivity index (χ2v) is 6.82. The van der Waals surface area contributed by atoms with Gasteiger partial charge in [0.25, 0.3) is 5.91 Å². The van der Waals surface area contributed by atoms with Crippen LogP contribution in [0.2, 0.25) is 0 Å². The van der Waals surface area contributed by atoms with Gasteiger partial charge in [-0.15, -0.1) is 11.8 Å². The van der Waals surface area contributed by atoms with Gasteiger partial charge in [0.1, 0.15) is 5.75 Å². The maximum atomic E-state index is 12.5. The molecule has 3 nitrogen and oxygen atoms in total. The first-order valence-corrected chi connectivity index (χ1v) is 10.1. The number of unbranched alkanes of at least 4 members (excludes halogenated alkanes) is 3. The largest absolute Gasteiger partial charge is 0.493 e. The van der Waals surface area contributed by atoms with Crippen LogP contribution in [0, 0.1) is 0 Å². The van der Waals surface area contributed by atoms with Crippen molar-refractivity contribution in [1.29, 1.82) is 0 Å². The van der Waals surface area contributed by atoms with E-state index in [4.69, 9.17) is 4.74 Å². The van der Waals surface area contributed by atoms with Crippen LogP contribution in [-0.4, -0.2) is 18.8 Å². The summed E-state index contributed by atoms with van der Waals surface area (Å²) in [4.78, 5) is 13.7. The minimum atomic E-state index is -0.0990. The number of thioether (sulfide) groups is 1. The van der Waals surface area contributed by atoms with E-state index in [1.165, 1.54) is 17.7 Å². The van der Waals surface area contributed by atoms with Crippen LogP contribution in [0.5, 0.6) is 5.75 Å². The molecule has 0 aliphatic heterocycles. The number of benzene rings is 2. The topological polar surface area (TPSA) is 38.3 Å². The van der Waals surface area contributed by atoms with Crippen molar-refractivity contribution in [1.82, 2.24) is 5.32 Å². The van der Waals surface area contributed by atoms with Gasteiger partial charge in [0, 0.05) is 11.4 Å². The molecule has 0 aliphatic carbocycles. The second-order valence-electron chi connectivity index (χ2n) is 5.94. The summed E-state index contributed by atoms with van der Waals surface area (Å²) in [7, 11) is 0. The molecular formula is C21H27NO2S.